The van der Waals surface area contributed by atoms with Crippen molar-refractivity contribution in [3.8, 4) is 5.69 Å². The minimum atomic E-state index is -0.00558. The van der Waals surface area contributed by atoms with E-state index in [-0.39, 0.29) is 17.9 Å². The van der Waals surface area contributed by atoms with Crippen molar-refractivity contribution in [1.29, 1.82) is 0 Å². The summed E-state index contributed by atoms with van der Waals surface area (Å²) in [5.41, 5.74) is 2.52. The number of rotatable bonds is 7. The number of aromatic nitrogens is 5. The van der Waals surface area contributed by atoms with Gasteiger partial charge in [-0.3, -0.25) is 9.78 Å². The molecule has 0 saturated heterocycles. The highest BCUT2D eigenvalue weighted by Crippen LogP contribution is 2.29. The molecule has 0 radical (unpaired) electrons. The Hall–Kier alpha value is -3.11. The van der Waals surface area contributed by atoms with Crippen molar-refractivity contribution in [3.05, 3.63) is 47.3 Å². The van der Waals surface area contributed by atoms with Gasteiger partial charge in [-0.25, -0.2) is 9.67 Å². The average molecular weight is 510 g/mol. The molecule has 1 amide bonds. The summed E-state index contributed by atoms with van der Waals surface area (Å²) < 4.78 is 7.49. The van der Waals surface area contributed by atoms with Crippen LogP contribution in [0.3, 0.4) is 0 Å². The minimum Gasteiger partial charge on any atom is -0.383 e. The Morgan fingerprint density at radius 2 is 2.18 bits per heavy atom. The summed E-state index contributed by atoms with van der Waals surface area (Å²) in [7, 11) is 1.63. The first-order valence-corrected chi connectivity index (χ1v) is 11.7. The molecule has 2 N–H and O–H groups in total. The summed E-state index contributed by atoms with van der Waals surface area (Å²) in [6.45, 7) is 1.05. The van der Waals surface area contributed by atoms with Crippen molar-refractivity contribution in [3.63, 3.8) is 0 Å². The van der Waals surface area contributed by atoms with Crippen LogP contribution in [0.2, 0.25) is 0 Å². The van der Waals surface area contributed by atoms with E-state index in [1.54, 1.807) is 24.2 Å². The molecule has 5 rings (SSSR count). The molecule has 0 unspecified atom stereocenters. The van der Waals surface area contributed by atoms with Crippen LogP contribution < -0.4 is 10.6 Å². The Bertz CT molecular complexity index is 1310. The monoisotopic (exact) mass is 509 g/mol. The van der Waals surface area contributed by atoms with Gasteiger partial charge in [0.25, 0.3) is 0 Å². The van der Waals surface area contributed by atoms with Crippen LogP contribution in [-0.2, 0) is 9.53 Å². The van der Waals surface area contributed by atoms with Crippen molar-refractivity contribution >= 4 is 49.7 Å². The smallest absolute Gasteiger partial charge is 0.224 e. The van der Waals surface area contributed by atoms with Gasteiger partial charge in [-0.2, -0.15) is 10.1 Å². The standard InChI is InChI=1S/C23H24BrN7O2/c1-33-10-9-26-22(32)15-4-5-16(11-15)28-23-27-13-18-20(24)30-31(21(18)29-23)17-6-7-19-14(12-17)3-2-8-25-19/h2-3,6-8,12-13,15-16H,4-5,9-11H2,1H3,(H,26,32)(H,27,28,29)/t15-,16-/m1/s1. The van der Waals surface area contributed by atoms with Crippen molar-refractivity contribution in [1.82, 2.24) is 30.0 Å². The van der Waals surface area contributed by atoms with Gasteiger partial charge in [0.15, 0.2) is 5.65 Å². The van der Waals surface area contributed by atoms with Gasteiger partial charge in [0.2, 0.25) is 11.9 Å². The zero-order chi connectivity index (χ0) is 22.8. The maximum absolute atomic E-state index is 12.3. The third-order valence-electron chi connectivity index (χ3n) is 5.95. The van der Waals surface area contributed by atoms with E-state index in [0.717, 1.165) is 41.2 Å². The molecule has 1 fully saturated rings. The van der Waals surface area contributed by atoms with Gasteiger partial charge in [-0.1, -0.05) is 6.07 Å². The first-order chi connectivity index (χ1) is 16.1. The van der Waals surface area contributed by atoms with Crippen LogP contribution in [0.1, 0.15) is 19.3 Å². The topological polar surface area (TPSA) is 107 Å². The van der Waals surface area contributed by atoms with Crippen LogP contribution in [0.25, 0.3) is 27.6 Å². The third-order valence-corrected chi connectivity index (χ3v) is 6.54. The Balaban J connectivity index is 1.36. The van der Waals surface area contributed by atoms with Gasteiger partial charge in [-0.15, -0.1) is 0 Å². The number of pyridine rings is 1. The summed E-state index contributed by atoms with van der Waals surface area (Å²) in [4.78, 5) is 26.0. The summed E-state index contributed by atoms with van der Waals surface area (Å²) in [6.07, 6.45) is 6.03. The molecule has 3 heterocycles. The van der Waals surface area contributed by atoms with Gasteiger partial charge < -0.3 is 15.4 Å². The Kier molecular flexibility index (Phi) is 6.19. The highest BCUT2D eigenvalue weighted by atomic mass is 79.9. The van der Waals surface area contributed by atoms with E-state index < -0.39 is 0 Å². The van der Waals surface area contributed by atoms with Gasteiger partial charge >= 0.3 is 0 Å². The average Bonchev–Trinajstić information content (AvgIpc) is 3.43. The van der Waals surface area contributed by atoms with Crippen molar-refractivity contribution in [2.45, 2.75) is 25.3 Å². The predicted molar refractivity (Wildman–Crippen MR) is 129 cm³/mol. The van der Waals surface area contributed by atoms with Crippen molar-refractivity contribution < 1.29 is 9.53 Å². The predicted octanol–water partition coefficient (Wildman–Crippen LogP) is 3.47. The number of ether oxygens (including phenoxy) is 1. The fraction of sp³-hybridized carbons (Fsp3) is 0.348. The molecule has 0 bridgehead atoms. The van der Waals surface area contributed by atoms with Crippen LogP contribution in [0.15, 0.2) is 47.3 Å². The van der Waals surface area contributed by atoms with Crippen LogP contribution in [0, 0.1) is 5.92 Å². The molecule has 33 heavy (non-hydrogen) atoms. The van der Waals surface area contributed by atoms with E-state index in [2.05, 4.69) is 41.6 Å². The second-order valence-electron chi connectivity index (χ2n) is 8.15. The highest BCUT2D eigenvalue weighted by Gasteiger charge is 2.30. The molecule has 4 aromatic rings. The molecule has 1 aliphatic carbocycles. The minimum absolute atomic E-state index is 0.00558. The van der Waals surface area contributed by atoms with E-state index in [0.29, 0.717) is 29.4 Å². The van der Waals surface area contributed by atoms with Gasteiger partial charge in [-0.05, 0) is 59.5 Å². The lowest BCUT2D eigenvalue weighted by atomic mass is 10.1. The molecule has 170 valence electrons. The lowest BCUT2D eigenvalue weighted by Crippen LogP contribution is -2.32. The second-order valence-corrected chi connectivity index (χ2v) is 8.90. The number of fused-ring (bicyclic) bond motifs is 2. The first-order valence-electron chi connectivity index (χ1n) is 10.9. The molecular weight excluding hydrogens is 486 g/mol. The van der Waals surface area contributed by atoms with Crippen molar-refractivity contribution in [2.24, 2.45) is 5.92 Å². The number of anilines is 1. The van der Waals surface area contributed by atoms with Crippen molar-refractivity contribution in [2.75, 3.05) is 25.6 Å². The number of carbonyl (C=O) groups excluding carboxylic acids is 1. The molecule has 1 aliphatic rings. The number of nitrogens with one attached hydrogen (secondary N) is 2. The number of halogens is 1. The van der Waals surface area contributed by atoms with Crippen LogP contribution in [-0.4, -0.2) is 56.9 Å². The third kappa shape index (κ3) is 4.53. The summed E-state index contributed by atoms with van der Waals surface area (Å²) >= 11 is 3.53. The van der Waals surface area contributed by atoms with E-state index >= 15 is 0 Å². The SMILES string of the molecule is COCCNC(=O)[C@@H]1CC[C@@H](Nc2ncc3c(Br)nn(-c4ccc5ncccc5c4)c3n2)C1. The van der Waals surface area contributed by atoms with E-state index in [9.17, 15) is 4.79 Å². The fourth-order valence-corrected chi connectivity index (χ4v) is 4.71. The number of carbonyl (C=O) groups is 1. The molecular formula is C23H24BrN7O2. The van der Waals surface area contributed by atoms with Gasteiger partial charge in [0.1, 0.15) is 4.60 Å². The Morgan fingerprint density at radius 3 is 3.06 bits per heavy atom. The number of methoxy groups -OCH3 is 1. The zero-order valence-corrected chi connectivity index (χ0v) is 19.7. The summed E-state index contributed by atoms with van der Waals surface area (Å²) in [5.74, 6) is 0.610. The fourth-order valence-electron chi connectivity index (χ4n) is 4.27. The molecule has 1 saturated carbocycles. The molecule has 9 nitrogen and oxygen atoms in total. The van der Waals surface area contributed by atoms with Crippen LogP contribution in [0.5, 0.6) is 0 Å². The molecule has 10 heteroatoms. The van der Waals surface area contributed by atoms with Crippen LogP contribution in [0.4, 0.5) is 5.95 Å². The largest absolute Gasteiger partial charge is 0.383 e. The second kappa shape index (κ2) is 9.40. The number of nitrogens with zero attached hydrogens (tertiary/aromatic N) is 5. The lowest BCUT2D eigenvalue weighted by molar-refractivity contribution is -0.125. The Morgan fingerprint density at radius 1 is 1.27 bits per heavy atom. The van der Waals surface area contributed by atoms with E-state index in [4.69, 9.17) is 9.72 Å². The lowest BCUT2D eigenvalue weighted by Gasteiger charge is -2.14. The maximum Gasteiger partial charge on any atom is 0.224 e. The number of benzene rings is 1. The first kappa shape index (κ1) is 21.7. The quantitative estimate of drug-likeness (QED) is 0.367. The van der Waals surface area contributed by atoms with Crippen LogP contribution >= 0.6 is 15.9 Å². The summed E-state index contributed by atoms with van der Waals surface area (Å²) in [5, 5.41) is 12.8. The zero-order valence-electron chi connectivity index (χ0n) is 18.2. The highest BCUT2D eigenvalue weighted by molar-refractivity contribution is 9.10. The Labute approximate surface area is 199 Å². The maximum atomic E-state index is 12.3. The number of hydrogen-bond acceptors (Lipinski definition) is 7. The summed E-state index contributed by atoms with van der Waals surface area (Å²) in [6, 6.07) is 10.1. The molecule has 0 spiro atoms. The molecule has 0 aliphatic heterocycles. The normalized spacial score (nSPS) is 18.1. The van der Waals surface area contributed by atoms with Gasteiger partial charge in [0, 0.05) is 43.4 Å². The molecule has 2 atom stereocenters. The number of amides is 1. The van der Waals surface area contributed by atoms with Gasteiger partial charge in [0.05, 0.1) is 23.2 Å². The molecule has 3 aromatic heterocycles. The van der Waals surface area contributed by atoms with E-state index in [1.165, 1.54) is 0 Å². The molecule has 1 aromatic carbocycles. The van der Waals surface area contributed by atoms with E-state index in [1.807, 2.05) is 30.3 Å². The number of hydrogen-bond donors (Lipinski definition) is 2.